The average molecular weight is 337 g/mol. The molecule has 1 aliphatic carbocycles. The third-order valence-electron chi connectivity index (χ3n) is 5.33. The van der Waals surface area contributed by atoms with Crippen molar-refractivity contribution in [3.63, 3.8) is 0 Å². The molecule has 0 atom stereocenters. The molecule has 1 aromatic rings. The van der Waals surface area contributed by atoms with Crippen LogP contribution >= 0.6 is 0 Å². The van der Waals surface area contributed by atoms with Gasteiger partial charge in [0.05, 0.1) is 4.90 Å². The van der Waals surface area contributed by atoms with Crippen LogP contribution in [-0.2, 0) is 10.0 Å². The Balaban J connectivity index is 1.62. The van der Waals surface area contributed by atoms with Gasteiger partial charge in [-0.2, -0.15) is 0 Å². The minimum absolute atomic E-state index is 0.0672. The van der Waals surface area contributed by atoms with Gasteiger partial charge in [-0.25, -0.2) is 13.1 Å². The third kappa shape index (κ3) is 3.95. The van der Waals surface area contributed by atoms with Crippen LogP contribution in [0.4, 0.5) is 0 Å². The van der Waals surface area contributed by atoms with Gasteiger partial charge >= 0.3 is 0 Å². The summed E-state index contributed by atoms with van der Waals surface area (Å²) in [5, 5.41) is 0. The molecular weight excluding hydrogens is 308 g/mol. The molecule has 2 aliphatic rings. The van der Waals surface area contributed by atoms with E-state index in [1.807, 2.05) is 26.0 Å². The molecule has 2 fully saturated rings. The van der Waals surface area contributed by atoms with Crippen LogP contribution in [0, 0.1) is 13.8 Å². The fourth-order valence-corrected chi connectivity index (χ4v) is 5.57. The largest absolute Gasteiger partial charge is 0.300 e. The number of benzene rings is 1. The smallest absolute Gasteiger partial charge is 0.241 e. The molecule has 4 nitrogen and oxygen atoms in total. The van der Waals surface area contributed by atoms with Gasteiger partial charge in [0, 0.05) is 12.1 Å². The normalized spacial score (nSPS) is 21.8. The first-order valence-corrected chi connectivity index (χ1v) is 10.3. The van der Waals surface area contributed by atoms with E-state index in [4.69, 9.17) is 0 Å². The summed E-state index contributed by atoms with van der Waals surface area (Å²) in [6.45, 7) is 5.82. The summed E-state index contributed by atoms with van der Waals surface area (Å²) in [6.07, 6.45) is 7.17. The Bertz CT molecular complexity index is 643. The van der Waals surface area contributed by atoms with Crippen molar-refractivity contribution in [2.75, 3.05) is 13.1 Å². The molecule has 5 heteroatoms. The summed E-state index contributed by atoms with van der Waals surface area (Å²) in [4.78, 5) is 2.99. The highest BCUT2D eigenvalue weighted by Crippen LogP contribution is 2.26. The zero-order chi connectivity index (χ0) is 16.4. The predicted molar refractivity (Wildman–Crippen MR) is 93.1 cm³/mol. The van der Waals surface area contributed by atoms with Crippen molar-refractivity contribution in [3.05, 3.63) is 29.3 Å². The Morgan fingerprint density at radius 3 is 2.35 bits per heavy atom. The second kappa shape index (κ2) is 6.91. The monoisotopic (exact) mass is 336 g/mol. The summed E-state index contributed by atoms with van der Waals surface area (Å²) >= 11 is 0. The number of piperidine rings is 1. The van der Waals surface area contributed by atoms with Gasteiger partial charge in [0.1, 0.15) is 0 Å². The fourth-order valence-electron chi connectivity index (χ4n) is 3.93. The molecule has 1 saturated carbocycles. The molecule has 1 aliphatic heterocycles. The van der Waals surface area contributed by atoms with Crippen molar-refractivity contribution >= 4 is 10.0 Å². The molecule has 1 heterocycles. The Labute approximate surface area is 140 Å². The van der Waals surface area contributed by atoms with Crippen molar-refractivity contribution in [3.8, 4) is 0 Å². The Morgan fingerprint density at radius 2 is 1.70 bits per heavy atom. The standard InChI is InChI=1S/C18H28N2O2S/c1-14-7-8-15(2)18(13-14)23(21,22)19-16-9-11-20(12-10-16)17-5-3-4-6-17/h7-8,13,16-17,19H,3-6,9-12H2,1-2H3. The van der Waals surface area contributed by atoms with Gasteiger partial charge in [-0.05, 0) is 69.8 Å². The van der Waals surface area contributed by atoms with E-state index in [1.165, 1.54) is 25.7 Å². The van der Waals surface area contributed by atoms with Crippen LogP contribution in [0.15, 0.2) is 23.1 Å². The second-order valence-corrected chi connectivity index (χ2v) is 8.82. The highest BCUT2D eigenvalue weighted by atomic mass is 32.2. The molecular formula is C18H28N2O2S. The topological polar surface area (TPSA) is 49.4 Å². The predicted octanol–water partition coefficient (Wildman–Crippen LogP) is 2.99. The van der Waals surface area contributed by atoms with Crippen LogP contribution in [0.2, 0.25) is 0 Å². The van der Waals surface area contributed by atoms with Crippen molar-refractivity contribution in [1.29, 1.82) is 0 Å². The summed E-state index contributed by atoms with van der Waals surface area (Å²) in [5.41, 5.74) is 1.79. The van der Waals surface area contributed by atoms with E-state index in [9.17, 15) is 8.42 Å². The molecule has 23 heavy (non-hydrogen) atoms. The zero-order valence-corrected chi connectivity index (χ0v) is 15.0. The molecule has 1 N–H and O–H groups in total. The van der Waals surface area contributed by atoms with Crippen LogP contribution in [0.25, 0.3) is 0 Å². The lowest BCUT2D eigenvalue weighted by molar-refractivity contribution is 0.151. The SMILES string of the molecule is Cc1ccc(C)c(S(=O)(=O)NC2CCN(C3CCCC3)CC2)c1. The lowest BCUT2D eigenvalue weighted by Crippen LogP contribution is -2.47. The number of hydrogen-bond acceptors (Lipinski definition) is 3. The van der Waals surface area contributed by atoms with Gasteiger partial charge in [0.15, 0.2) is 0 Å². The van der Waals surface area contributed by atoms with Crippen molar-refractivity contribution in [2.45, 2.75) is 69.4 Å². The van der Waals surface area contributed by atoms with Crippen molar-refractivity contribution in [1.82, 2.24) is 9.62 Å². The average Bonchev–Trinajstić information content (AvgIpc) is 3.04. The minimum atomic E-state index is -3.42. The van der Waals surface area contributed by atoms with Gasteiger partial charge in [0.2, 0.25) is 10.0 Å². The second-order valence-electron chi connectivity index (χ2n) is 7.14. The molecule has 1 aromatic carbocycles. The molecule has 128 valence electrons. The summed E-state index contributed by atoms with van der Waals surface area (Å²) in [7, 11) is -3.42. The zero-order valence-electron chi connectivity index (χ0n) is 14.2. The highest BCUT2D eigenvalue weighted by molar-refractivity contribution is 7.89. The summed E-state index contributed by atoms with van der Waals surface area (Å²) in [5.74, 6) is 0. The van der Waals surface area contributed by atoms with Crippen LogP contribution in [0.5, 0.6) is 0 Å². The van der Waals surface area contributed by atoms with Gasteiger partial charge in [0.25, 0.3) is 0 Å². The van der Waals surface area contributed by atoms with E-state index in [2.05, 4.69) is 9.62 Å². The van der Waals surface area contributed by atoms with Gasteiger partial charge in [-0.1, -0.05) is 25.0 Å². The van der Waals surface area contributed by atoms with E-state index in [0.717, 1.165) is 43.1 Å². The Kier molecular flexibility index (Phi) is 5.09. The highest BCUT2D eigenvalue weighted by Gasteiger charge is 2.29. The van der Waals surface area contributed by atoms with Gasteiger partial charge in [-0.3, -0.25) is 0 Å². The first-order valence-electron chi connectivity index (χ1n) is 8.79. The van der Waals surface area contributed by atoms with Gasteiger partial charge < -0.3 is 4.90 Å². The Morgan fingerprint density at radius 1 is 1.04 bits per heavy atom. The Hall–Kier alpha value is -0.910. The molecule has 0 amide bonds. The molecule has 0 aromatic heterocycles. The maximum absolute atomic E-state index is 12.7. The quantitative estimate of drug-likeness (QED) is 0.919. The number of nitrogens with one attached hydrogen (secondary N) is 1. The first kappa shape index (κ1) is 16.9. The number of sulfonamides is 1. The fraction of sp³-hybridized carbons (Fsp3) is 0.667. The van der Waals surface area contributed by atoms with Gasteiger partial charge in [-0.15, -0.1) is 0 Å². The van der Waals surface area contributed by atoms with E-state index in [-0.39, 0.29) is 6.04 Å². The van der Waals surface area contributed by atoms with E-state index in [0.29, 0.717) is 4.90 Å². The summed E-state index contributed by atoms with van der Waals surface area (Å²) in [6, 6.07) is 6.41. The van der Waals surface area contributed by atoms with Crippen LogP contribution in [0.3, 0.4) is 0 Å². The summed E-state index contributed by atoms with van der Waals surface area (Å²) < 4.78 is 28.3. The minimum Gasteiger partial charge on any atom is -0.300 e. The number of rotatable bonds is 4. The van der Waals surface area contributed by atoms with Crippen molar-refractivity contribution in [2.24, 2.45) is 0 Å². The third-order valence-corrected chi connectivity index (χ3v) is 6.99. The maximum Gasteiger partial charge on any atom is 0.241 e. The van der Waals surface area contributed by atoms with E-state index >= 15 is 0 Å². The van der Waals surface area contributed by atoms with Crippen LogP contribution in [0.1, 0.15) is 49.7 Å². The lowest BCUT2D eigenvalue weighted by atomic mass is 10.0. The molecule has 0 bridgehead atoms. The molecule has 3 rings (SSSR count). The van der Waals surface area contributed by atoms with Crippen LogP contribution in [-0.4, -0.2) is 38.5 Å². The van der Waals surface area contributed by atoms with Crippen LogP contribution < -0.4 is 4.72 Å². The molecule has 1 saturated heterocycles. The molecule has 0 radical (unpaired) electrons. The number of nitrogens with zero attached hydrogens (tertiary/aromatic N) is 1. The number of likely N-dealkylation sites (tertiary alicyclic amines) is 1. The first-order chi connectivity index (χ1) is 11.0. The van der Waals surface area contributed by atoms with Crippen molar-refractivity contribution < 1.29 is 8.42 Å². The molecule has 0 spiro atoms. The lowest BCUT2D eigenvalue weighted by Gasteiger charge is -2.36. The molecule has 0 unspecified atom stereocenters. The number of hydrogen-bond donors (Lipinski definition) is 1. The maximum atomic E-state index is 12.7. The van der Waals surface area contributed by atoms with E-state index < -0.39 is 10.0 Å². The number of aryl methyl sites for hydroxylation is 2. The van der Waals surface area contributed by atoms with E-state index in [1.54, 1.807) is 6.07 Å².